The molecule has 1 aliphatic heterocycles. The van der Waals surface area contributed by atoms with Gasteiger partial charge in [0.2, 0.25) is 0 Å². The number of hydrogen-bond donors (Lipinski definition) is 1. The van der Waals surface area contributed by atoms with Crippen molar-refractivity contribution in [2.75, 3.05) is 19.6 Å². The van der Waals surface area contributed by atoms with Gasteiger partial charge >= 0.3 is 0 Å². The van der Waals surface area contributed by atoms with Gasteiger partial charge in [-0.2, -0.15) is 4.31 Å². The maximum atomic E-state index is 12.7. The quantitative estimate of drug-likeness (QED) is 0.864. The number of rotatable bonds is 4. The molecule has 126 valence electrons. The van der Waals surface area contributed by atoms with Gasteiger partial charge in [0.1, 0.15) is 0 Å². The number of nitrogens with zero attached hydrogens (tertiary/aromatic N) is 4. The number of nitrogens with two attached hydrogens (primary N) is 1. The van der Waals surface area contributed by atoms with Gasteiger partial charge in [-0.15, -0.1) is 17.5 Å². The lowest BCUT2D eigenvalue weighted by Crippen LogP contribution is -2.31. The van der Waals surface area contributed by atoms with E-state index >= 15 is 0 Å². The molecule has 0 aliphatic carbocycles. The van der Waals surface area contributed by atoms with E-state index in [4.69, 9.17) is 5.73 Å². The second-order valence-corrected chi connectivity index (χ2v) is 7.42. The molecule has 23 heavy (non-hydrogen) atoms. The highest BCUT2D eigenvalue weighted by atomic mass is 35.5. The molecule has 1 aliphatic rings. The lowest BCUT2D eigenvalue weighted by Gasteiger charge is -2.16. The van der Waals surface area contributed by atoms with E-state index in [0.717, 1.165) is 5.56 Å². The third-order valence-corrected chi connectivity index (χ3v) is 6.09. The van der Waals surface area contributed by atoms with E-state index in [1.807, 2.05) is 30.3 Å². The number of aryl methyl sites for hydroxylation is 1. The van der Waals surface area contributed by atoms with Crippen molar-refractivity contribution in [1.82, 2.24) is 19.3 Å². The highest BCUT2D eigenvalue weighted by Crippen LogP contribution is 2.34. The van der Waals surface area contributed by atoms with Crippen LogP contribution < -0.4 is 5.73 Å². The first kappa shape index (κ1) is 17.9. The van der Waals surface area contributed by atoms with E-state index in [0.29, 0.717) is 19.6 Å². The molecule has 9 heteroatoms. The van der Waals surface area contributed by atoms with E-state index in [-0.39, 0.29) is 29.3 Å². The van der Waals surface area contributed by atoms with E-state index in [2.05, 4.69) is 10.3 Å². The Labute approximate surface area is 141 Å². The van der Waals surface area contributed by atoms with Gasteiger partial charge in [0, 0.05) is 26.1 Å². The number of aromatic nitrogens is 3. The highest BCUT2D eigenvalue weighted by molar-refractivity contribution is 7.89. The Morgan fingerprint density at radius 3 is 2.52 bits per heavy atom. The summed E-state index contributed by atoms with van der Waals surface area (Å²) in [4.78, 5) is 0. The second kappa shape index (κ2) is 6.96. The van der Waals surface area contributed by atoms with Gasteiger partial charge in [-0.1, -0.05) is 35.5 Å². The number of halogens is 1. The topological polar surface area (TPSA) is 94.1 Å². The lowest BCUT2D eigenvalue weighted by molar-refractivity contribution is 0.450. The Morgan fingerprint density at radius 1 is 1.26 bits per heavy atom. The smallest absolute Gasteiger partial charge is 0.261 e. The summed E-state index contributed by atoms with van der Waals surface area (Å²) in [6.07, 6.45) is 1.28. The molecule has 1 aromatic carbocycles. The fraction of sp³-hybridized carbons (Fsp3) is 0.429. The Balaban J connectivity index is 0.00000192. The molecule has 3 rings (SSSR count). The average molecular weight is 358 g/mol. The zero-order valence-electron chi connectivity index (χ0n) is 12.7. The van der Waals surface area contributed by atoms with Gasteiger partial charge in [0.05, 0.1) is 6.20 Å². The summed E-state index contributed by atoms with van der Waals surface area (Å²) in [5, 5.41) is 7.47. The van der Waals surface area contributed by atoms with E-state index in [1.165, 1.54) is 15.2 Å². The predicted molar refractivity (Wildman–Crippen MR) is 88.7 cm³/mol. The summed E-state index contributed by atoms with van der Waals surface area (Å²) in [5.74, 6) is 0.223. The van der Waals surface area contributed by atoms with Crippen LogP contribution in [-0.4, -0.2) is 47.4 Å². The molecule has 7 nitrogen and oxygen atoms in total. The van der Waals surface area contributed by atoms with E-state index in [1.54, 1.807) is 7.05 Å². The molecule has 0 saturated carbocycles. The Morgan fingerprint density at radius 2 is 1.96 bits per heavy atom. The largest absolute Gasteiger partial charge is 0.330 e. The second-order valence-electron chi connectivity index (χ2n) is 5.53. The maximum absolute atomic E-state index is 12.7. The zero-order valence-corrected chi connectivity index (χ0v) is 14.4. The van der Waals surface area contributed by atoms with Crippen LogP contribution in [0.15, 0.2) is 41.6 Å². The molecule has 1 fully saturated rings. The molecule has 2 heterocycles. The first-order valence-corrected chi connectivity index (χ1v) is 8.58. The summed E-state index contributed by atoms with van der Waals surface area (Å²) in [7, 11) is -2.02. The van der Waals surface area contributed by atoms with Crippen molar-refractivity contribution in [2.24, 2.45) is 18.7 Å². The van der Waals surface area contributed by atoms with Crippen molar-refractivity contribution < 1.29 is 8.42 Å². The molecule has 0 spiro atoms. The molecule has 2 aromatic rings. The first-order chi connectivity index (χ1) is 10.5. The minimum Gasteiger partial charge on any atom is -0.330 e. The van der Waals surface area contributed by atoms with Gasteiger partial charge in [-0.25, -0.2) is 13.1 Å². The van der Waals surface area contributed by atoms with Crippen LogP contribution in [0.5, 0.6) is 0 Å². The fourth-order valence-electron chi connectivity index (χ4n) is 2.99. The lowest BCUT2D eigenvalue weighted by atomic mass is 9.89. The minimum atomic E-state index is -3.59. The standard InChI is InChI=1S/C14H19N5O2S.ClH/c1-18-14(8-16-17-18)22(20,21)19-9-12(7-15)13(10-19)11-5-3-2-4-6-11;/h2-6,8,12-13H,7,9-10,15H2,1H3;1H/t12-,13+;/m1./s1. The van der Waals surface area contributed by atoms with Gasteiger partial charge in [0.15, 0.2) is 5.03 Å². The zero-order chi connectivity index (χ0) is 15.7. The summed E-state index contributed by atoms with van der Waals surface area (Å²) < 4.78 is 28.2. The van der Waals surface area contributed by atoms with Crippen LogP contribution in [0.2, 0.25) is 0 Å². The normalized spacial score (nSPS) is 22.0. The predicted octanol–water partition coefficient (Wildman–Crippen LogP) is 0.600. The summed E-state index contributed by atoms with van der Waals surface area (Å²) in [6.45, 7) is 1.30. The molecule has 2 N–H and O–H groups in total. The Hall–Kier alpha value is -1.48. The molecule has 0 amide bonds. The van der Waals surface area contributed by atoms with Crippen LogP contribution in [0, 0.1) is 5.92 Å². The van der Waals surface area contributed by atoms with Crippen LogP contribution in [-0.2, 0) is 17.1 Å². The fourth-order valence-corrected chi connectivity index (χ4v) is 4.55. The molecular formula is C14H20ClN5O2S. The van der Waals surface area contributed by atoms with Crippen molar-refractivity contribution >= 4 is 22.4 Å². The van der Waals surface area contributed by atoms with Gasteiger partial charge in [0.25, 0.3) is 10.0 Å². The maximum Gasteiger partial charge on any atom is 0.261 e. The van der Waals surface area contributed by atoms with Crippen LogP contribution in [0.1, 0.15) is 11.5 Å². The van der Waals surface area contributed by atoms with Gasteiger partial charge in [-0.05, 0) is 18.0 Å². The van der Waals surface area contributed by atoms with Crippen molar-refractivity contribution in [3.05, 3.63) is 42.1 Å². The first-order valence-electron chi connectivity index (χ1n) is 7.14. The summed E-state index contributed by atoms with van der Waals surface area (Å²) in [5.41, 5.74) is 6.99. The highest BCUT2D eigenvalue weighted by Gasteiger charge is 2.40. The SMILES string of the molecule is Cl.Cn1nncc1S(=O)(=O)N1C[C@@H](CN)[C@H](c2ccccc2)C1. The summed E-state index contributed by atoms with van der Waals surface area (Å²) in [6, 6.07) is 9.92. The van der Waals surface area contributed by atoms with Crippen molar-refractivity contribution in [1.29, 1.82) is 0 Å². The summed E-state index contributed by atoms with van der Waals surface area (Å²) >= 11 is 0. The van der Waals surface area contributed by atoms with E-state index in [9.17, 15) is 8.42 Å². The van der Waals surface area contributed by atoms with Crippen LogP contribution >= 0.6 is 12.4 Å². The molecule has 1 saturated heterocycles. The molecule has 0 radical (unpaired) electrons. The van der Waals surface area contributed by atoms with Crippen LogP contribution in [0.3, 0.4) is 0 Å². The van der Waals surface area contributed by atoms with Gasteiger partial charge in [-0.3, -0.25) is 0 Å². The molecule has 2 atom stereocenters. The molecule has 0 bridgehead atoms. The monoisotopic (exact) mass is 357 g/mol. The number of benzene rings is 1. The van der Waals surface area contributed by atoms with E-state index < -0.39 is 10.0 Å². The average Bonchev–Trinajstić information content (AvgIpc) is 3.14. The van der Waals surface area contributed by atoms with Crippen molar-refractivity contribution in [3.63, 3.8) is 0 Å². The molecule has 0 unspecified atom stereocenters. The van der Waals surface area contributed by atoms with Gasteiger partial charge < -0.3 is 5.73 Å². The van der Waals surface area contributed by atoms with Crippen molar-refractivity contribution in [2.45, 2.75) is 10.9 Å². The number of hydrogen-bond acceptors (Lipinski definition) is 5. The molecular weight excluding hydrogens is 338 g/mol. The van der Waals surface area contributed by atoms with Crippen LogP contribution in [0.25, 0.3) is 0 Å². The Bertz CT molecular complexity index is 750. The third-order valence-electron chi connectivity index (χ3n) is 4.22. The number of sulfonamides is 1. The van der Waals surface area contributed by atoms with Crippen molar-refractivity contribution in [3.8, 4) is 0 Å². The third kappa shape index (κ3) is 3.25. The minimum absolute atomic E-state index is 0. The Kier molecular flexibility index (Phi) is 5.41. The van der Waals surface area contributed by atoms with Crippen LogP contribution in [0.4, 0.5) is 0 Å². The molecule has 1 aromatic heterocycles.